The second kappa shape index (κ2) is 9.80. The standard InChI is InChI=1S/C21H22Cl2O5/c1-4-6-15-18(10-8-14(12(3)24)19(15)25)28-20(21(26)27-5-2)13-7-9-16(22)17(23)11-13/h7-11,20,25H,4-6H2,1-3H3. The third-order valence-corrected chi connectivity index (χ3v) is 4.85. The normalized spacial score (nSPS) is 11.8. The van der Waals surface area contributed by atoms with Crippen LogP contribution in [0.1, 0.15) is 54.8 Å². The second-order valence-electron chi connectivity index (χ2n) is 6.17. The van der Waals surface area contributed by atoms with Crippen molar-refractivity contribution in [3.05, 3.63) is 57.1 Å². The number of hydrogen-bond donors (Lipinski definition) is 1. The number of esters is 1. The molecule has 0 aliphatic carbocycles. The quantitative estimate of drug-likeness (QED) is 0.444. The molecular formula is C21H22Cl2O5. The van der Waals surface area contributed by atoms with Crippen LogP contribution in [0, 0.1) is 0 Å². The SMILES string of the molecule is CCCc1c(OC(C(=O)OCC)c2ccc(Cl)c(Cl)c2)ccc(C(C)=O)c1O. The highest BCUT2D eigenvalue weighted by Crippen LogP contribution is 2.36. The number of carbonyl (C=O) groups excluding carboxylic acids is 2. The maximum atomic E-state index is 12.5. The molecule has 0 saturated carbocycles. The molecule has 1 unspecified atom stereocenters. The molecule has 2 rings (SSSR count). The summed E-state index contributed by atoms with van der Waals surface area (Å²) in [4.78, 5) is 24.3. The van der Waals surface area contributed by atoms with Crippen LogP contribution in [-0.2, 0) is 16.0 Å². The van der Waals surface area contributed by atoms with Crippen LogP contribution in [0.15, 0.2) is 30.3 Å². The molecule has 7 heteroatoms. The van der Waals surface area contributed by atoms with Gasteiger partial charge in [-0.2, -0.15) is 0 Å². The van der Waals surface area contributed by atoms with Gasteiger partial charge in [-0.1, -0.05) is 42.6 Å². The Labute approximate surface area is 174 Å². The molecule has 2 aromatic carbocycles. The number of hydrogen-bond acceptors (Lipinski definition) is 5. The second-order valence-corrected chi connectivity index (χ2v) is 6.98. The van der Waals surface area contributed by atoms with Crippen molar-refractivity contribution >= 4 is 35.0 Å². The van der Waals surface area contributed by atoms with Crippen molar-refractivity contribution in [1.82, 2.24) is 0 Å². The lowest BCUT2D eigenvalue weighted by Gasteiger charge is -2.21. The smallest absolute Gasteiger partial charge is 0.352 e. The zero-order chi connectivity index (χ0) is 20.8. The summed E-state index contributed by atoms with van der Waals surface area (Å²) in [6.07, 6.45) is 0.0781. The van der Waals surface area contributed by atoms with E-state index in [4.69, 9.17) is 32.7 Å². The van der Waals surface area contributed by atoms with E-state index in [0.717, 1.165) is 0 Å². The van der Waals surface area contributed by atoms with Crippen LogP contribution in [0.4, 0.5) is 0 Å². The van der Waals surface area contributed by atoms with Crippen molar-refractivity contribution in [1.29, 1.82) is 0 Å². The number of ether oxygens (including phenoxy) is 2. The Morgan fingerprint density at radius 1 is 1.11 bits per heavy atom. The first-order valence-corrected chi connectivity index (χ1v) is 9.69. The van der Waals surface area contributed by atoms with Crippen molar-refractivity contribution in [2.75, 3.05) is 6.61 Å². The van der Waals surface area contributed by atoms with Crippen LogP contribution < -0.4 is 4.74 Å². The Kier molecular flexibility index (Phi) is 7.72. The number of phenolic OH excluding ortho intramolecular Hbond substituents is 1. The van der Waals surface area contributed by atoms with Gasteiger partial charge in [0.25, 0.3) is 0 Å². The summed E-state index contributed by atoms with van der Waals surface area (Å²) in [7, 11) is 0. The summed E-state index contributed by atoms with van der Waals surface area (Å²) in [6, 6.07) is 7.78. The zero-order valence-corrected chi connectivity index (χ0v) is 17.4. The summed E-state index contributed by atoms with van der Waals surface area (Å²) in [5.74, 6) is -0.691. The Hall–Kier alpha value is -2.24. The molecule has 0 aromatic heterocycles. The molecule has 28 heavy (non-hydrogen) atoms. The van der Waals surface area contributed by atoms with Crippen molar-refractivity contribution in [3.8, 4) is 11.5 Å². The van der Waals surface area contributed by atoms with Crippen molar-refractivity contribution < 1.29 is 24.2 Å². The largest absolute Gasteiger partial charge is 0.507 e. The van der Waals surface area contributed by atoms with E-state index >= 15 is 0 Å². The predicted octanol–water partition coefficient (Wildman–Crippen LogP) is 5.54. The average Bonchev–Trinajstić information content (AvgIpc) is 2.64. The van der Waals surface area contributed by atoms with Gasteiger partial charge in [-0.05, 0) is 44.5 Å². The van der Waals surface area contributed by atoms with E-state index in [2.05, 4.69) is 0 Å². The van der Waals surface area contributed by atoms with Gasteiger partial charge in [0.05, 0.1) is 22.2 Å². The lowest BCUT2D eigenvalue weighted by atomic mass is 10.0. The van der Waals surface area contributed by atoms with E-state index in [9.17, 15) is 14.7 Å². The van der Waals surface area contributed by atoms with Gasteiger partial charge in [0.1, 0.15) is 11.5 Å². The lowest BCUT2D eigenvalue weighted by Crippen LogP contribution is -2.22. The van der Waals surface area contributed by atoms with E-state index in [0.29, 0.717) is 34.7 Å². The number of Topliss-reactive ketones (excluding diaryl/α,β-unsaturated/α-hetero) is 1. The topological polar surface area (TPSA) is 72.8 Å². The van der Waals surface area contributed by atoms with Crippen LogP contribution >= 0.6 is 23.2 Å². The molecule has 150 valence electrons. The molecule has 0 amide bonds. The van der Waals surface area contributed by atoms with Crippen molar-refractivity contribution in [2.45, 2.75) is 39.7 Å². The van der Waals surface area contributed by atoms with Crippen LogP contribution in [-0.4, -0.2) is 23.5 Å². The van der Waals surface area contributed by atoms with Crippen molar-refractivity contribution in [3.63, 3.8) is 0 Å². The van der Waals surface area contributed by atoms with Crippen molar-refractivity contribution in [2.24, 2.45) is 0 Å². The predicted molar refractivity (Wildman–Crippen MR) is 109 cm³/mol. The summed E-state index contributed by atoms with van der Waals surface area (Å²) in [6.45, 7) is 5.18. The molecule has 0 fully saturated rings. The third kappa shape index (κ3) is 4.97. The molecule has 0 aliphatic heterocycles. The minimum Gasteiger partial charge on any atom is -0.507 e. The molecule has 1 atom stereocenters. The zero-order valence-electron chi connectivity index (χ0n) is 15.9. The Bertz CT molecular complexity index is 879. The Morgan fingerprint density at radius 2 is 1.82 bits per heavy atom. The Morgan fingerprint density at radius 3 is 2.39 bits per heavy atom. The molecule has 0 bridgehead atoms. The van der Waals surface area contributed by atoms with E-state index in [1.165, 1.54) is 19.1 Å². The fraction of sp³-hybridized carbons (Fsp3) is 0.333. The minimum atomic E-state index is -1.10. The van der Waals surface area contributed by atoms with E-state index in [-0.39, 0.29) is 28.7 Å². The van der Waals surface area contributed by atoms with Gasteiger partial charge in [-0.3, -0.25) is 4.79 Å². The van der Waals surface area contributed by atoms with Crippen LogP contribution in [0.25, 0.3) is 0 Å². The summed E-state index contributed by atoms with van der Waals surface area (Å²) in [5, 5.41) is 11.2. The van der Waals surface area contributed by atoms with Gasteiger partial charge >= 0.3 is 5.97 Å². The fourth-order valence-electron chi connectivity index (χ4n) is 2.78. The van der Waals surface area contributed by atoms with Gasteiger partial charge in [0.2, 0.25) is 6.10 Å². The van der Waals surface area contributed by atoms with Gasteiger partial charge in [-0.15, -0.1) is 0 Å². The van der Waals surface area contributed by atoms with Crippen LogP contribution in [0.2, 0.25) is 10.0 Å². The number of phenols is 1. The number of ketones is 1. The Balaban J connectivity index is 2.51. The minimum absolute atomic E-state index is 0.136. The first kappa shape index (κ1) is 22.1. The highest BCUT2D eigenvalue weighted by atomic mass is 35.5. The summed E-state index contributed by atoms with van der Waals surface area (Å²) in [5.41, 5.74) is 1.13. The molecular weight excluding hydrogens is 403 g/mol. The summed E-state index contributed by atoms with van der Waals surface area (Å²) < 4.78 is 11.1. The average molecular weight is 425 g/mol. The molecule has 5 nitrogen and oxygen atoms in total. The fourth-order valence-corrected chi connectivity index (χ4v) is 3.08. The monoisotopic (exact) mass is 424 g/mol. The van der Waals surface area contributed by atoms with Gasteiger partial charge in [0.15, 0.2) is 5.78 Å². The molecule has 0 heterocycles. The first-order valence-electron chi connectivity index (χ1n) is 8.94. The molecule has 2 aromatic rings. The number of halogens is 2. The van der Waals surface area contributed by atoms with Gasteiger partial charge in [-0.25, -0.2) is 4.79 Å². The van der Waals surface area contributed by atoms with Gasteiger partial charge in [0, 0.05) is 11.1 Å². The van der Waals surface area contributed by atoms with Gasteiger partial charge < -0.3 is 14.6 Å². The molecule has 0 saturated heterocycles. The number of rotatable bonds is 8. The van der Waals surface area contributed by atoms with E-state index < -0.39 is 12.1 Å². The lowest BCUT2D eigenvalue weighted by molar-refractivity contribution is -0.151. The maximum absolute atomic E-state index is 12.5. The van der Waals surface area contributed by atoms with Crippen LogP contribution in [0.3, 0.4) is 0 Å². The molecule has 0 radical (unpaired) electrons. The molecule has 0 spiro atoms. The highest BCUT2D eigenvalue weighted by Gasteiger charge is 2.27. The first-order chi connectivity index (χ1) is 13.3. The third-order valence-electron chi connectivity index (χ3n) is 4.11. The number of benzene rings is 2. The summed E-state index contributed by atoms with van der Waals surface area (Å²) >= 11 is 12.1. The number of carbonyl (C=O) groups is 2. The molecule has 0 aliphatic rings. The van der Waals surface area contributed by atoms with E-state index in [1.807, 2.05) is 6.92 Å². The molecule has 1 N–H and O–H groups in total. The van der Waals surface area contributed by atoms with E-state index in [1.54, 1.807) is 25.1 Å². The number of aromatic hydroxyl groups is 1. The van der Waals surface area contributed by atoms with Crippen LogP contribution in [0.5, 0.6) is 11.5 Å². The highest BCUT2D eigenvalue weighted by molar-refractivity contribution is 6.42. The maximum Gasteiger partial charge on any atom is 0.352 e.